The average molecular weight is 479 g/mol. The molecule has 3 rings (SSSR count). The van der Waals surface area contributed by atoms with Crippen LogP contribution in [-0.4, -0.2) is 59.1 Å². The second-order valence-corrected chi connectivity index (χ2v) is 9.99. The molecule has 33 heavy (non-hydrogen) atoms. The number of nitrogens with one attached hydrogen (secondary N) is 1. The normalized spacial score (nSPS) is 16.9. The Hall–Kier alpha value is -2.66. The van der Waals surface area contributed by atoms with Crippen LogP contribution in [0.15, 0.2) is 59.5 Å². The molecular weight excluding hydrogens is 448 g/mol. The van der Waals surface area contributed by atoms with Crippen LogP contribution in [0.5, 0.6) is 5.75 Å². The number of nitrogens with zero attached hydrogens (tertiary/aromatic N) is 1. The first kappa shape index (κ1) is 25.0. The van der Waals surface area contributed by atoms with Crippen molar-refractivity contribution in [1.82, 2.24) is 9.79 Å². The van der Waals surface area contributed by atoms with Crippen molar-refractivity contribution in [3.63, 3.8) is 0 Å². The van der Waals surface area contributed by atoms with Gasteiger partial charge in [-0.2, -0.15) is 0 Å². The Kier molecular flexibility index (Phi) is 8.67. The van der Waals surface area contributed by atoms with Gasteiger partial charge in [-0.25, -0.2) is 13.2 Å². The molecule has 1 amide bonds. The van der Waals surface area contributed by atoms with E-state index in [2.05, 4.69) is 5.32 Å². The van der Waals surface area contributed by atoms with Gasteiger partial charge >= 0.3 is 6.09 Å². The number of aliphatic hydroxyl groups is 1. The maximum atomic E-state index is 13.3. The second kappa shape index (κ2) is 11.5. The summed E-state index contributed by atoms with van der Waals surface area (Å²) >= 11 is 0. The number of phenols is 1. The van der Waals surface area contributed by atoms with Gasteiger partial charge in [0.25, 0.3) is 10.0 Å². The number of aliphatic hydroxyl groups excluding tert-OH is 1. The first-order valence-electron chi connectivity index (χ1n) is 11.0. The van der Waals surface area contributed by atoms with Crippen LogP contribution in [0.1, 0.15) is 37.7 Å². The highest BCUT2D eigenvalue weighted by Crippen LogP contribution is 2.26. The topological polar surface area (TPSA) is 136 Å². The fraction of sp³-hybridized carbons (Fsp3) is 0.435. The van der Waals surface area contributed by atoms with Gasteiger partial charge in [0.15, 0.2) is 0 Å². The summed E-state index contributed by atoms with van der Waals surface area (Å²) in [5.74, 6) is -0.0812. The van der Waals surface area contributed by atoms with E-state index in [-0.39, 0.29) is 23.2 Å². The molecule has 2 aromatic carbocycles. The first-order chi connectivity index (χ1) is 15.8. The van der Waals surface area contributed by atoms with E-state index in [1.807, 2.05) is 6.07 Å². The molecule has 1 fully saturated rings. The van der Waals surface area contributed by atoms with E-state index in [0.29, 0.717) is 12.8 Å². The lowest BCUT2D eigenvalue weighted by molar-refractivity contribution is -0.156. The van der Waals surface area contributed by atoms with E-state index in [9.17, 15) is 28.5 Å². The molecule has 4 N–H and O–H groups in total. The molecule has 0 aromatic heterocycles. The van der Waals surface area contributed by atoms with Crippen LogP contribution in [0.3, 0.4) is 0 Å². The highest BCUT2D eigenvalue weighted by molar-refractivity contribution is 7.89. The molecule has 1 aliphatic rings. The molecule has 0 spiro atoms. The third-order valence-electron chi connectivity index (χ3n) is 5.63. The van der Waals surface area contributed by atoms with Gasteiger partial charge in [-0.15, -0.1) is 0 Å². The molecule has 180 valence electrons. The number of aromatic hydroxyl groups is 1. The van der Waals surface area contributed by atoms with Crippen molar-refractivity contribution in [3.8, 4) is 5.75 Å². The Morgan fingerprint density at radius 3 is 2.30 bits per heavy atom. The second-order valence-electron chi connectivity index (χ2n) is 8.16. The van der Waals surface area contributed by atoms with Crippen molar-refractivity contribution in [2.24, 2.45) is 0 Å². The predicted molar refractivity (Wildman–Crippen MR) is 121 cm³/mol. The minimum Gasteiger partial charge on any atom is -0.508 e. The van der Waals surface area contributed by atoms with Gasteiger partial charge in [0.1, 0.15) is 5.75 Å². The van der Waals surface area contributed by atoms with Crippen molar-refractivity contribution in [3.05, 3.63) is 60.2 Å². The number of hydrogen-bond acceptors (Lipinski definition) is 6. The summed E-state index contributed by atoms with van der Waals surface area (Å²) in [7, 11) is -4.18. The largest absolute Gasteiger partial charge is 0.508 e. The van der Waals surface area contributed by atoms with E-state index < -0.39 is 34.8 Å². The van der Waals surface area contributed by atoms with Gasteiger partial charge in [-0.3, -0.25) is 4.84 Å². The standard InChI is InChI=1S/C23H30N2O7S/c26-18-11-13-20(14-12-18)33(30,31)25(32-19-9-5-2-6-10-19)16-22(27)21(24-23(28)29)15-17-7-3-1-4-8-17/h1,3-4,7-8,11-14,19,21-22,24,26-27H,2,5-6,9-10,15-16H2,(H,28,29)/t21-,22+/m0/s1. The molecule has 1 saturated carbocycles. The monoisotopic (exact) mass is 478 g/mol. The Morgan fingerprint density at radius 1 is 1.06 bits per heavy atom. The predicted octanol–water partition coefficient (Wildman–Crippen LogP) is 2.89. The molecule has 0 unspecified atom stereocenters. The molecule has 0 saturated heterocycles. The lowest BCUT2D eigenvalue weighted by Gasteiger charge is -2.32. The number of hydrogen-bond donors (Lipinski definition) is 4. The first-order valence-corrected chi connectivity index (χ1v) is 12.4. The van der Waals surface area contributed by atoms with Gasteiger partial charge in [0, 0.05) is 0 Å². The molecule has 2 atom stereocenters. The summed E-state index contributed by atoms with van der Waals surface area (Å²) in [5, 5.41) is 32.0. The molecule has 0 bridgehead atoms. The maximum Gasteiger partial charge on any atom is 0.404 e. The van der Waals surface area contributed by atoms with Crippen LogP contribution in [-0.2, 0) is 21.3 Å². The van der Waals surface area contributed by atoms with Crippen LogP contribution >= 0.6 is 0 Å². The van der Waals surface area contributed by atoms with Gasteiger partial charge in [0.05, 0.1) is 29.7 Å². The zero-order valence-electron chi connectivity index (χ0n) is 18.2. The molecule has 9 nitrogen and oxygen atoms in total. The number of hydroxylamine groups is 1. The number of carboxylic acid groups (broad SMARTS) is 1. The molecule has 10 heteroatoms. The molecule has 0 heterocycles. The number of amides is 1. The van der Waals surface area contributed by atoms with Gasteiger partial charge in [-0.1, -0.05) is 54.1 Å². The third-order valence-corrected chi connectivity index (χ3v) is 7.27. The summed E-state index contributed by atoms with van der Waals surface area (Å²) in [4.78, 5) is 17.1. The SMILES string of the molecule is O=C(O)N[C@@H](Cc1ccccc1)[C@H](O)CN(OC1CCCCC1)S(=O)(=O)c1ccc(O)cc1. The zero-order chi connectivity index (χ0) is 23.8. The number of benzene rings is 2. The number of rotatable bonds is 10. The summed E-state index contributed by atoms with van der Waals surface area (Å²) in [6.07, 6.45) is 1.41. The highest BCUT2D eigenvalue weighted by Gasteiger charge is 2.34. The smallest absolute Gasteiger partial charge is 0.404 e. The molecule has 0 radical (unpaired) electrons. The summed E-state index contributed by atoms with van der Waals surface area (Å²) in [5.41, 5.74) is 0.788. The zero-order valence-corrected chi connectivity index (χ0v) is 19.0. The Morgan fingerprint density at radius 2 is 1.70 bits per heavy atom. The molecule has 1 aliphatic carbocycles. The highest BCUT2D eigenvalue weighted by atomic mass is 32.2. The number of carbonyl (C=O) groups is 1. The van der Waals surface area contributed by atoms with E-state index >= 15 is 0 Å². The van der Waals surface area contributed by atoms with E-state index in [4.69, 9.17) is 4.84 Å². The van der Waals surface area contributed by atoms with Crippen LogP contribution in [0, 0.1) is 0 Å². The lowest BCUT2D eigenvalue weighted by Crippen LogP contribution is -2.50. The van der Waals surface area contributed by atoms with Gasteiger partial charge in [-0.05, 0) is 49.1 Å². The Bertz CT molecular complexity index is 993. The summed E-state index contributed by atoms with van der Waals surface area (Å²) in [6, 6.07) is 13.1. The Balaban J connectivity index is 1.84. The minimum atomic E-state index is -4.18. The number of sulfonamides is 1. The average Bonchev–Trinajstić information content (AvgIpc) is 2.79. The van der Waals surface area contributed by atoms with Crippen molar-refractivity contribution in [2.75, 3.05) is 6.54 Å². The molecular formula is C23H30N2O7S. The van der Waals surface area contributed by atoms with Crippen LogP contribution < -0.4 is 5.32 Å². The van der Waals surface area contributed by atoms with Crippen molar-refractivity contribution in [1.29, 1.82) is 0 Å². The van der Waals surface area contributed by atoms with Crippen LogP contribution in [0.25, 0.3) is 0 Å². The van der Waals surface area contributed by atoms with Gasteiger partial charge < -0.3 is 20.6 Å². The van der Waals surface area contributed by atoms with Crippen molar-refractivity contribution < 1.29 is 33.4 Å². The lowest BCUT2D eigenvalue weighted by atomic mass is 9.98. The Labute approximate surface area is 193 Å². The van der Waals surface area contributed by atoms with Crippen molar-refractivity contribution >= 4 is 16.1 Å². The molecule has 2 aromatic rings. The summed E-state index contributed by atoms with van der Waals surface area (Å²) < 4.78 is 27.4. The minimum absolute atomic E-state index is 0.0812. The van der Waals surface area contributed by atoms with Crippen LogP contribution in [0.4, 0.5) is 4.79 Å². The maximum absolute atomic E-state index is 13.3. The number of phenolic OH excluding ortho intramolecular Hbond substituents is 1. The van der Waals surface area contributed by atoms with E-state index in [1.54, 1.807) is 24.3 Å². The fourth-order valence-corrected chi connectivity index (χ4v) is 5.16. The third kappa shape index (κ3) is 7.16. The van der Waals surface area contributed by atoms with Crippen LogP contribution in [0.2, 0.25) is 0 Å². The van der Waals surface area contributed by atoms with E-state index in [1.165, 1.54) is 24.3 Å². The van der Waals surface area contributed by atoms with E-state index in [0.717, 1.165) is 29.3 Å². The quantitative estimate of drug-likeness (QED) is 0.386. The molecule has 0 aliphatic heterocycles. The fourth-order valence-electron chi connectivity index (χ4n) is 3.86. The van der Waals surface area contributed by atoms with Gasteiger partial charge in [0.2, 0.25) is 0 Å². The summed E-state index contributed by atoms with van der Waals surface area (Å²) in [6.45, 7) is -0.461. The van der Waals surface area contributed by atoms with Crippen molar-refractivity contribution in [2.45, 2.75) is 61.7 Å².